The first kappa shape index (κ1) is 11.0. The maximum Gasteiger partial charge on any atom is 0.201 e. The lowest BCUT2D eigenvalue weighted by molar-refractivity contribution is 0.223. The molecule has 17 heavy (non-hydrogen) atoms. The van der Waals surface area contributed by atoms with Crippen molar-refractivity contribution in [1.82, 2.24) is 9.55 Å². The number of rotatable bonds is 1. The van der Waals surface area contributed by atoms with E-state index in [0.29, 0.717) is 22.0 Å². The predicted molar refractivity (Wildman–Crippen MR) is 69.2 cm³/mol. The first-order chi connectivity index (χ1) is 8.06. The second-order valence-corrected chi connectivity index (χ2v) is 5.68. The Hall–Kier alpha value is -1.10. The summed E-state index contributed by atoms with van der Waals surface area (Å²) in [4.78, 5) is 4.22. The van der Waals surface area contributed by atoms with E-state index in [2.05, 4.69) is 27.8 Å². The summed E-state index contributed by atoms with van der Waals surface area (Å²) in [6, 6.07) is 3.60. The number of nitrogens with two attached hydrogens (primary N) is 1. The molecule has 2 N–H and O–H groups in total. The lowest BCUT2D eigenvalue weighted by Gasteiger charge is -2.34. The smallest absolute Gasteiger partial charge is 0.201 e. The predicted octanol–water partition coefficient (Wildman–Crippen LogP) is 3.49. The number of fused-ring (bicyclic) bond motifs is 1. The van der Waals surface area contributed by atoms with Crippen LogP contribution in [-0.2, 0) is 0 Å². The maximum absolute atomic E-state index is 13.4. The van der Waals surface area contributed by atoms with E-state index in [1.807, 2.05) is 4.57 Å². The molecule has 1 fully saturated rings. The average molecular weight is 298 g/mol. The average Bonchev–Trinajstić information content (AvgIpc) is 2.51. The first-order valence-electron chi connectivity index (χ1n) is 5.68. The molecule has 1 heterocycles. The van der Waals surface area contributed by atoms with Gasteiger partial charge in [-0.2, -0.15) is 0 Å². The zero-order valence-electron chi connectivity index (χ0n) is 9.45. The Morgan fingerprint density at radius 3 is 2.82 bits per heavy atom. The van der Waals surface area contributed by atoms with Gasteiger partial charge in [0, 0.05) is 12.1 Å². The second-order valence-electron chi connectivity index (χ2n) is 4.83. The van der Waals surface area contributed by atoms with Crippen LogP contribution < -0.4 is 5.73 Å². The van der Waals surface area contributed by atoms with Crippen LogP contribution in [0, 0.1) is 11.7 Å². The van der Waals surface area contributed by atoms with Crippen LogP contribution in [-0.4, -0.2) is 9.55 Å². The van der Waals surface area contributed by atoms with Gasteiger partial charge in [-0.3, -0.25) is 0 Å². The summed E-state index contributed by atoms with van der Waals surface area (Å²) in [6.07, 6.45) is 2.23. The molecule has 2 aromatic rings. The topological polar surface area (TPSA) is 43.8 Å². The van der Waals surface area contributed by atoms with Gasteiger partial charge in [-0.25, -0.2) is 9.37 Å². The fraction of sp³-hybridized carbons (Fsp3) is 0.417. The number of imidazole rings is 1. The fourth-order valence-electron chi connectivity index (χ4n) is 2.56. The Balaban J connectivity index is 2.17. The van der Waals surface area contributed by atoms with Gasteiger partial charge in [0.2, 0.25) is 5.95 Å². The number of aromatic nitrogens is 2. The van der Waals surface area contributed by atoms with E-state index in [1.165, 1.54) is 6.07 Å². The van der Waals surface area contributed by atoms with Crippen LogP contribution in [0.25, 0.3) is 11.0 Å². The number of halogens is 2. The largest absolute Gasteiger partial charge is 0.369 e. The second kappa shape index (κ2) is 3.70. The molecule has 0 unspecified atom stereocenters. The summed E-state index contributed by atoms with van der Waals surface area (Å²) in [7, 11) is 0. The lowest BCUT2D eigenvalue weighted by atomic mass is 9.81. The van der Waals surface area contributed by atoms with Crippen LogP contribution in [0.1, 0.15) is 25.8 Å². The van der Waals surface area contributed by atoms with E-state index >= 15 is 0 Å². The lowest BCUT2D eigenvalue weighted by Crippen LogP contribution is -2.25. The molecule has 0 saturated heterocycles. The third kappa shape index (κ3) is 1.64. The van der Waals surface area contributed by atoms with Crippen LogP contribution in [0.15, 0.2) is 16.6 Å². The third-order valence-electron chi connectivity index (χ3n) is 3.47. The summed E-state index contributed by atoms with van der Waals surface area (Å²) < 4.78 is 15.9. The Morgan fingerprint density at radius 1 is 1.47 bits per heavy atom. The molecule has 0 bridgehead atoms. The highest BCUT2D eigenvalue weighted by atomic mass is 79.9. The highest BCUT2D eigenvalue weighted by Crippen LogP contribution is 2.41. The molecule has 0 amide bonds. The van der Waals surface area contributed by atoms with E-state index in [-0.39, 0.29) is 5.82 Å². The van der Waals surface area contributed by atoms with Crippen molar-refractivity contribution in [2.24, 2.45) is 5.92 Å². The number of hydrogen-bond donors (Lipinski definition) is 1. The molecule has 0 radical (unpaired) electrons. The van der Waals surface area contributed by atoms with Gasteiger partial charge in [0.15, 0.2) is 0 Å². The van der Waals surface area contributed by atoms with Crippen molar-refractivity contribution in [2.75, 3.05) is 5.73 Å². The van der Waals surface area contributed by atoms with Gasteiger partial charge < -0.3 is 10.3 Å². The molecule has 5 heteroatoms. The van der Waals surface area contributed by atoms with Crippen LogP contribution in [0.3, 0.4) is 0 Å². The molecule has 0 atom stereocenters. The van der Waals surface area contributed by atoms with Crippen LogP contribution >= 0.6 is 15.9 Å². The standard InChI is InChI=1S/C12H13BrFN3/c1-6-2-7(3-6)17-11-4-8(13)9(14)5-10(11)16-12(17)15/h4-7H,2-3H2,1H3,(H2,15,16). The Morgan fingerprint density at radius 2 is 2.18 bits per heavy atom. The van der Waals surface area contributed by atoms with E-state index in [4.69, 9.17) is 5.73 Å². The first-order valence-corrected chi connectivity index (χ1v) is 6.48. The van der Waals surface area contributed by atoms with Gasteiger partial charge in [0.05, 0.1) is 15.5 Å². The number of anilines is 1. The zero-order chi connectivity index (χ0) is 12.2. The van der Waals surface area contributed by atoms with Crippen molar-refractivity contribution >= 4 is 32.9 Å². The van der Waals surface area contributed by atoms with Crippen LogP contribution in [0.4, 0.5) is 10.3 Å². The van der Waals surface area contributed by atoms with Crippen LogP contribution in [0.2, 0.25) is 0 Å². The number of benzene rings is 1. The van der Waals surface area contributed by atoms with Gasteiger partial charge in [0.1, 0.15) is 5.82 Å². The van der Waals surface area contributed by atoms with Crippen LogP contribution in [0.5, 0.6) is 0 Å². The molecule has 1 saturated carbocycles. The van der Waals surface area contributed by atoms with Crippen molar-refractivity contribution in [3.8, 4) is 0 Å². The van der Waals surface area contributed by atoms with Crippen molar-refractivity contribution < 1.29 is 4.39 Å². The monoisotopic (exact) mass is 297 g/mol. The molecule has 1 aromatic heterocycles. The van der Waals surface area contributed by atoms with Gasteiger partial charge in [-0.1, -0.05) is 6.92 Å². The maximum atomic E-state index is 13.4. The van der Waals surface area contributed by atoms with Crippen molar-refractivity contribution in [2.45, 2.75) is 25.8 Å². The van der Waals surface area contributed by atoms with E-state index in [0.717, 1.165) is 24.3 Å². The quantitative estimate of drug-likeness (QED) is 0.875. The van der Waals surface area contributed by atoms with Gasteiger partial charge in [-0.15, -0.1) is 0 Å². The normalized spacial score (nSPS) is 23.9. The summed E-state index contributed by atoms with van der Waals surface area (Å²) in [5, 5.41) is 0. The molecule has 90 valence electrons. The van der Waals surface area contributed by atoms with Gasteiger partial charge in [0.25, 0.3) is 0 Å². The number of nitrogens with zero attached hydrogens (tertiary/aromatic N) is 2. The molecular weight excluding hydrogens is 285 g/mol. The van der Waals surface area contributed by atoms with E-state index in [9.17, 15) is 4.39 Å². The Kier molecular flexibility index (Phi) is 2.40. The van der Waals surface area contributed by atoms with Gasteiger partial charge >= 0.3 is 0 Å². The molecule has 0 spiro atoms. The molecular formula is C12H13BrFN3. The molecule has 3 nitrogen and oxygen atoms in total. The number of hydrogen-bond acceptors (Lipinski definition) is 2. The minimum absolute atomic E-state index is 0.302. The third-order valence-corrected chi connectivity index (χ3v) is 4.08. The zero-order valence-corrected chi connectivity index (χ0v) is 11.0. The van der Waals surface area contributed by atoms with E-state index in [1.54, 1.807) is 6.07 Å². The summed E-state index contributed by atoms with van der Waals surface area (Å²) in [6.45, 7) is 2.22. The Bertz CT molecular complexity index is 587. The number of nitrogen functional groups attached to an aromatic ring is 1. The fourth-order valence-corrected chi connectivity index (χ4v) is 2.89. The molecule has 1 aliphatic carbocycles. The van der Waals surface area contributed by atoms with Gasteiger partial charge in [-0.05, 0) is 40.8 Å². The molecule has 1 aromatic carbocycles. The highest BCUT2D eigenvalue weighted by Gasteiger charge is 2.29. The van der Waals surface area contributed by atoms with E-state index < -0.39 is 0 Å². The Labute approximate surface area is 107 Å². The summed E-state index contributed by atoms with van der Waals surface area (Å²) >= 11 is 3.20. The minimum Gasteiger partial charge on any atom is -0.369 e. The molecule has 0 aliphatic heterocycles. The van der Waals surface area contributed by atoms with Crippen molar-refractivity contribution in [1.29, 1.82) is 0 Å². The molecule has 1 aliphatic rings. The molecule has 3 rings (SSSR count). The summed E-state index contributed by atoms with van der Waals surface area (Å²) in [5.41, 5.74) is 7.46. The highest BCUT2D eigenvalue weighted by molar-refractivity contribution is 9.10. The minimum atomic E-state index is -0.302. The van der Waals surface area contributed by atoms with Crippen molar-refractivity contribution in [3.63, 3.8) is 0 Å². The van der Waals surface area contributed by atoms with Crippen molar-refractivity contribution in [3.05, 3.63) is 22.4 Å². The SMILES string of the molecule is CC1CC(n2c(N)nc3cc(F)c(Br)cc32)C1. The summed E-state index contributed by atoms with van der Waals surface area (Å²) in [5.74, 6) is 0.916.